The zero-order valence-corrected chi connectivity index (χ0v) is 11.3. The number of sulfonamides is 1. The summed E-state index contributed by atoms with van der Waals surface area (Å²) in [5.41, 5.74) is -0.219. The van der Waals surface area contributed by atoms with Crippen LogP contribution < -0.4 is 5.32 Å². The zero-order chi connectivity index (χ0) is 14.0. The van der Waals surface area contributed by atoms with E-state index in [4.69, 9.17) is 0 Å². The van der Waals surface area contributed by atoms with Gasteiger partial charge in [0.2, 0.25) is 10.0 Å². The number of hydrogen-bond acceptors (Lipinski definition) is 5. The van der Waals surface area contributed by atoms with Crippen molar-refractivity contribution in [3.8, 4) is 0 Å². The lowest BCUT2D eigenvalue weighted by Gasteiger charge is -2.36. The van der Waals surface area contributed by atoms with Crippen molar-refractivity contribution in [2.75, 3.05) is 19.6 Å². The first-order chi connectivity index (χ1) is 8.96. The molecule has 1 heterocycles. The van der Waals surface area contributed by atoms with Gasteiger partial charge in [-0.25, -0.2) is 8.42 Å². The zero-order valence-electron chi connectivity index (χ0n) is 10.4. The molecule has 1 fully saturated rings. The van der Waals surface area contributed by atoms with Crippen LogP contribution >= 0.6 is 0 Å². The summed E-state index contributed by atoms with van der Waals surface area (Å²) in [5, 5.41) is 13.7. The number of likely N-dealkylation sites (N-methyl/N-ethyl adjacent to an activating group) is 1. The predicted molar refractivity (Wildman–Crippen MR) is 69.3 cm³/mol. The van der Waals surface area contributed by atoms with Crippen LogP contribution in [0, 0.1) is 10.1 Å². The van der Waals surface area contributed by atoms with E-state index in [-0.39, 0.29) is 16.6 Å². The summed E-state index contributed by atoms with van der Waals surface area (Å²) in [6, 6.07) is 5.08. The van der Waals surface area contributed by atoms with Gasteiger partial charge in [-0.05, 0) is 6.07 Å². The average molecular weight is 285 g/mol. The van der Waals surface area contributed by atoms with Gasteiger partial charge in [-0.2, -0.15) is 4.31 Å². The Bertz CT molecular complexity index is 583. The van der Waals surface area contributed by atoms with E-state index in [9.17, 15) is 18.5 Å². The Kier molecular flexibility index (Phi) is 3.83. The van der Waals surface area contributed by atoms with Gasteiger partial charge in [0.1, 0.15) is 0 Å². The first kappa shape index (κ1) is 13.9. The number of nitro groups is 1. The summed E-state index contributed by atoms with van der Waals surface area (Å²) < 4.78 is 26.3. The molecule has 0 saturated carbocycles. The van der Waals surface area contributed by atoms with Crippen molar-refractivity contribution in [1.82, 2.24) is 9.62 Å². The maximum absolute atomic E-state index is 12.4. The SMILES string of the molecule is CCN(C1CNC1)S(=O)(=O)c1cccc([N+](=O)[O-])c1. The minimum Gasteiger partial charge on any atom is -0.313 e. The third kappa shape index (κ3) is 2.60. The summed E-state index contributed by atoms with van der Waals surface area (Å²) in [7, 11) is -3.68. The average Bonchev–Trinajstić information content (AvgIpc) is 2.33. The van der Waals surface area contributed by atoms with E-state index in [1.54, 1.807) is 6.92 Å². The number of nitrogens with one attached hydrogen (secondary N) is 1. The molecule has 1 N–H and O–H groups in total. The number of nitrogens with zero attached hydrogens (tertiary/aromatic N) is 2. The molecule has 0 spiro atoms. The van der Waals surface area contributed by atoms with E-state index in [0.29, 0.717) is 19.6 Å². The van der Waals surface area contributed by atoms with Crippen LogP contribution in [0.2, 0.25) is 0 Å². The van der Waals surface area contributed by atoms with Crippen molar-refractivity contribution in [1.29, 1.82) is 0 Å². The molecule has 0 aromatic heterocycles. The van der Waals surface area contributed by atoms with Crippen LogP contribution in [0.5, 0.6) is 0 Å². The van der Waals surface area contributed by atoms with E-state index in [0.717, 1.165) is 6.07 Å². The molecule has 2 rings (SSSR count). The summed E-state index contributed by atoms with van der Waals surface area (Å²) in [5.74, 6) is 0. The fourth-order valence-corrected chi connectivity index (χ4v) is 3.67. The molecule has 1 aromatic carbocycles. The normalized spacial score (nSPS) is 16.3. The predicted octanol–water partition coefficient (Wildman–Crippen LogP) is 0.577. The van der Waals surface area contributed by atoms with E-state index >= 15 is 0 Å². The highest BCUT2D eigenvalue weighted by Crippen LogP contribution is 2.23. The standard InChI is InChI=1S/C11H15N3O4S/c1-2-13(10-7-12-8-10)19(17,18)11-5-3-4-9(6-11)14(15)16/h3-6,10,12H,2,7-8H2,1H3. The van der Waals surface area contributed by atoms with Gasteiger partial charge in [-0.15, -0.1) is 0 Å². The molecule has 0 amide bonds. The summed E-state index contributed by atoms with van der Waals surface area (Å²) >= 11 is 0. The monoisotopic (exact) mass is 285 g/mol. The number of benzene rings is 1. The fourth-order valence-electron chi connectivity index (χ4n) is 1.99. The maximum atomic E-state index is 12.4. The van der Waals surface area contributed by atoms with Crippen molar-refractivity contribution < 1.29 is 13.3 Å². The summed E-state index contributed by atoms with van der Waals surface area (Å²) in [6.07, 6.45) is 0. The first-order valence-corrected chi connectivity index (χ1v) is 7.38. The molecule has 0 bridgehead atoms. The molecule has 1 aliphatic rings. The number of non-ortho nitro benzene ring substituents is 1. The van der Waals surface area contributed by atoms with Gasteiger partial charge in [-0.3, -0.25) is 10.1 Å². The van der Waals surface area contributed by atoms with Crippen LogP contribution in [0.3, 0.4) is 0 Å². The van der Waals surface area contributed by atoms with Gasteiger partial charge < -0.3 is 5.32 Å². The highest BCUT2D eigenvalue weighted by atomic mass is 32.2. The molecule has 0 aliphatic carbocycles. The van der Waals surface area contributed by atoms with Crippen LogP contribution in [0.4, 0.5) is 5.69 Å². The molecule has 0 unspecified atom stereocenters. The molecular weight excluding hydrogens is 270 g/mol. The van der Waals surface area contributed by atoms with Crippen LogP contribution in [0.25, 0.3) is 0 Å². The Labute approximate surface area is 111 Å². The quantitative estimate of drug-likeness (QED) is 0.631. The van der Waals surface area contributed by atoms with Gasteiger partial charge in [0.25, 0.3) is 5.69 Å². The number of nitro benzene ring substituents is 1. The van der Waals surface area contributed by atoms with Gasteiger partial charge in [-0.1, -0.05) is 13.0 Å². The summed E-state index contributed by atoms with van der Waals surface area (Å²) in [6.45, 7) is 3.33. The van der Waals surface area contributed by atoms with Gasteiger partial charge in [0.05, 0.1) is 9.82 Å². The Hall–Kier alpha value is -1.51. The minimum atomic E-state index is -3.68. The molecule has 1 saturated heterocycles. The van der Waals surface area contributed by atoms with E-state index in [2.05, 4.69) is 5.32 Å². The molecule has 104 valence electrons. The van der Waals surface area contributed by atoms with Crippen LogP contribution in [0.15, 0.2) is 29.2 Å². The molecule has 19 heavy (non-hydrogen) atoms. The maximum Gasteiger partial charge on any atom is 0.270 e. The van der Waals surface area contributed by atoms with Gasteiger partial charge >= 0.3 is 0 Å². The van der Waals surface area contributed by atoms with Gasteiger partial charge in [0.15, 0.2) is 0 Å². The lowest BCUT2D eigenvalue weighted by Crippen LogP contribution is -2.58. The largest absolute Gasteiger partial charge is 0.313 e. The van der Waals surface area contributed by atoms with Crippen LogP contribution in [0.1, 0.15) is 6.92 Å². The van der Waals surface area contributed by atoms with E-state index in [1.807, 2.05) is 0 Å². The Morgan fingerprint density at radius 1 is 1.47 bits per heavy atom. The second-order valence-electron chi connectivity index (χ2n) is 4.27. The van der Waals surface area contributed by atoms with Crippen molar-refractivity contribution in [3.63, 3.8) is 0 Å². The van der Waals surface area contributed by atoms with Crippen LogP contribution in [-0.4, -0.2) is 43.3 Å². The number of hydrogen-bond donors (Lipinski definition) is 1. The fraction of sp³-hybridized carbons (Fsp3) is 0.455. The highest BCUT2D eigenvalue weighted by molar-refractivity contribution is 7.89. The Balaban J connectivity index is 2.37. The Morgan fingerprint density at radius 2 is 2.16 bits per heavy atom. The van der Waals surface area contributed by atoms with Crippen molar-refractivity contribution in [2.24, 2.45) is 0 Å². The number of rotatable bonds is 5. The molecule has 8 heteroatoms. The molecule has 1 aromatic rings. The lowest BCUT2D eigenvalue weighted by atomic mass is 10.2. The lowest BCUT2D eigenvalue weighted by molar-refractivity contribution is -0.385. The minimum absolute atomic E-state index is 0.0320. The van der Waals surface area contributed by atoms with Crippen LogP contribution in [-0.2, 0) is 10.0 Å². The molecular formula is C11H15N3O4S. The molecule has 0 radical (unpaired) electrons. The first-order valence-electron chi connectivity index (χ1n) is 5.94. The van der Waals surface area contributed by atoms with E-state index < -0.39 is 14.9 Å². The van der Waals surface area contributed by atoms with Crippen molar-refractivity contribution >= 4 is 15.7 Å². The highest BCUT2D eigenvalue weighted by Gasteiger charge is 2.34. The van der Waals surface area contributed by atoms with Crippen molar-refractivity contribution in [3.05, 3.63) is 34.4 Å². The van der Waals surface area contributed by atoms with E-state index in [1.165, 1.54) is 22.5 Å². The smallest absolute Gasteiger partial charge is 0.270 e. The second kappa shape index (κ2) is 5.24. The van der Waals surface area contributed by atoms with Gasteiger partial charge in [0, 0.05) is 37.8 Å². The Morgan fingerprint density at radius 3 is 2.63 bits per heavy atom. The second-order valence-corrected chi connectivity index (χ2v) is 6.17. The molecule has 7 nitrogen and oxygen atoms in total. The van der Waals surface area contributed by atoms with Crippen molar-refractivity contribution in [2.45, 2.75) is 17.9 Å². The third-order valence-electron chi connectivity index (χ3n) is 3.11. The summed E-state index contributed by atoms with van der Waals surface area (Å²) in [4.78, 5) is 10.1. The topological polar surface area (TPSA) is 92.6 Å². The third-order valence-corrected chi connectivity index (χ3v) is 5.14. The molecule has 1 aliphatic heterocycles. The molecule has 0 atom stereocenters.